The molecule has 6 heteroatoms. The molecule has 0 spiro atoms. The molecule has 0 aliphatic carbocycles. The topological polar surface area (TPSA) is 93.4 Å². The lowest BCUT2D eigenvalue weighted by Crippen LogP contribution is -2.43. The molecule has 1 saturated heterocycles. The van der Waals surface area contributed by atoms with Gasteiger partial charge in [-0.2, -0.15) is 5.90 Å². The van der Waals surface area contributed by atoms with Crippen molar-refractivity contribution in [2.24, 2.45) is 11.8 Å². The summed E-state index contributed by atoms with van der Waals surface area (Å²) < 4.78 is 0. The maximum absolute atomic E-state index is 11.2. The smallest absolute Gasteiger partial charge is 0.357 e. The van der Waals surface area contributed by atoms with Gasteiger partial charge in [0, 0.05) is 13.1 Å². The van der Waals surface area contributed by atoms with Crippen LogP contribution in [0, 0.1) is 5.92 Å². The molecular formula is C7H13N3O3. The van der Waals surface area contributed by atoms with Gasteiger partial charge in [0.2, 0.25) is 5.91 Å². The van der Waals surface area contributed by atoms with Crippen LogP contribution in [0.15, 0.2) is 0 Å². The quantitative estimate of drug-likeness (QED) is 0.489. The Bertz CT molecular complexity index is 207. The average Bonchev–Trinajstić information content (AvgIpc) is 2.16. The molecule has 2 amide bonds. The molecule has 1 atom stereocenters. The first kappa shape index (κ1) is 9.79. The molecule has 0 bridgehead atoms. The van der Waals surface area contributed by atoms with Gasteiger partial charge in [-0.15, -0.1) is 0 Å². The first-order valence-electron chi connectivity index (χ1n) is 4.16. The van der Waals surface area contributed by atoms with Crippen molar-refractivity contribution in [3.8, 4) is 0 Å². The average molecular weight is 187 g/mol. The standard InChI is InChI=1S/C7H13N3O3/c8-13-7(12)10-4-5-2-1-3-9-6(5)11/h5H,1-4,8H2,(H,9,11)(H,10,12)/t5-/m1/s1. The second-order valence-corrected chi connectivity index (χ2v) is 2.92. The van der Waals surface area contributed by atoms with E-state index >= 15 is 0 Å². The molecule has 0 aromatic carbocycles. The van der Waals surface area contributed by atoms with E-state index in [1.165, 1.54) is 0 Å². The van der Waals surface area contributed by atoms with Crippen molar-refractivity contribution < 1.29 is 14.4 Å². The third-order valence-corrected chi connectivity index (χ3v) is 2.00. The minimum atomic E-state index is -0.710. The summed E-state index contributed by atoms with van der Waals surface area (Å²) in [6.07, 6.45) is 1.02. The van der Waals surface area contributed by atoms with Gasteiger partial charge in [0.25, 0.3) is 0 Å². The number of hydrogen-bond donors (Lipinski definition) is 3. The monoisotopic (exact) mass is 187 g/mol. The van der Waals surface area contributed by atoms with Gasteiger partial charge >= 0.3 is 6.09 Å². The van der Waals surface area contributed by atoms with E-state index in [-0.39, 0.29) is 18.4 Å². The van der Waals surface area contributed by atoms with E-state index in [9.17, 15) is 9.59 Å². The lowest BCUT2D eigenvalue weighted by Gasteiger charge is -2.21. The fraction of sp³-hybridized carbons (Fsp3) is 0.714. The fourth-order valence-corrected chi connectivity index (χ4v) is 1.28. The molecule has 1 fully saturated rings. The van der Waals surface area contributed by atoms with Crippen LogP contribution in [0.5, 0.6) is 0 Å². The first-order chi connectivity index (χ1) is 6.24. The highest BCUT2D eigenvalue weighted by Gasteiger charge is 2.22. The summed E-state index contributed by atoms with van der Waals surface area (Å²) in [6, 6.07) is 0. The molecule has 4 N–H and O–H groups in total. The molecule has 0 aromatic heterocycles. The van der Waals surface area contributed by atoms with Gasteiger partial charge in [0.15, 0.2) is 0 Å². The minimum Gasteiger partial charge on any atom is -0.357 e. The van der Waals surface area contributed by atoms with Gasteiger partial charge < -0.3 is 15.5 Å². The van der Waals surface area contributed by atoms with Crippen LogP contribution in [0.1, 0.15) is 12.8 Å². The maximum Gasteiger partial charge on any atom is 0.425 e. The van der Waals surface area contributed by atoms with Crippen molar-refractivity contribution >= 4 is 12.0 Å². The number of amides is 2. The Labute approximate surface area is 75.8 Å². The van der Waals surface area contributed by atoms with Crippen molar-refractivity contribution in [3.63, 3.8) is 0 Å². The molecule has 1 aliphatic heterocycles. The Morgan fingerprint density at radius 1 is 1.77 bits per heavy atom. The molecule has 1 heterocycles. The van der Waals surface area contributed by atoms with Gasteiger partial charge in [0.05, 0.1) is 5.92 Å². The van der Waals surface area contributed by atoms with Crippen LogP contribution in [0.3, 0.4) is 0 Å². The zero-order chi connectivity index (χ0) is 9.68. The molecule has 0 radical (unpaired) electrons. The molecular weight excluding hydrogens is 174 g/mol. The van der Waals surface area contributed by atoms with Gasteiger partial charge in [0.1, 0.15) is 0 Å². The van der Waals surface area contributed by atoms with Gasteiger partial charge in [-0.3, -0.25) is 4.79 Å². The third kappa shape index (κ3) is 2.90. The number of nitrogens with one attached hydrogen (secondary N) is 2. The summed E-state index contributed by atoms with van der Waals surface area (Å²) >= 11 is 0. The van der Waals surface area contributed by atoms with E-state index in [1.54, 1.807) is 0 Å². The van der Waals surface area contributed by atoms with E-state index in [1.807, 2.05) is 0 Å². The zero-order valence-corrected chi connectivity index (χ0v) is 7.21. The van der Waals surface area contributed by atoms with E-state index in [0.717, 1.165) is 19.4 Å². The van der Waals surface area contributed by atoms with Gasteiger partial charge in [-0.25, -0.2) is 4.79 Å². The normalized spacial score (nSPS) is 21.9. The largest absolute Gasteiger partial charge is 0.425 e. The van der Waals surface area contributed by atoms with Gasteiger partial charge in [-0.05, 0) is 12.8 Å². The van der Waals surface area contributed by atoms with E-state index < -0.39 is 6.09 Å². The Balaban J connectivity index is 2.26. The number of carbonyl (C=O) groups is 2. The zero-order valence-electron chi connectivity index (χ0n) is 7.21. The predicted molar refractivity (Wildman–Crippen MR) is 44.4 cm³/mol. The molecule has 1 rings (SSSR count). The summed E-state index contributed by atoms with van der Waals surface area (Å²) in [7, 11) is 0. The number of piperidine rings is 1. The van der Waals surface area contributed by atoms with Crippen LogP contribution in [-0.2, 0) is 9.63 Å². The second-order valence-electron chi connectivity index (χ2n) is 2.92. The van der Waals surface area contributed by atoms with Crippen LogP contribution in [0.25, 0.3) is 0 Å². The number of hydrogen-bond acceptors (Lipinski definition) is 4. The maximum atomic E-state index is 11.2. The van der Waals surface area contributed by atoms with Crippen LogP contribution < -0.4 is 16.5 Å². The fourth-order valence-electron chi connectivity index (χ4n) is 1.28. The number of nitrogens with two attached hydrogens (primary N) is 1. The van der Waals surface area contributed by atoms with Gasteiger partial charge in [-0.1, -0.05) is 0 Å². The van der Waals surface area contributed by atoms with E-state index in [0.29, 0.717) is 0 Å². The Morgan fingerprint density at radius 2 is 2.54 bits per heavy atom. The predicted octanol–water partition coefficient (Wildman–Crippen LogP) is -0.888. The van der Waals surface area contributed by atoms with Crippen LogP contribution >= 0.6 is 0 Å². The number of rotatable bonds is 2. The Morgan fingerprint density at radius 3 is 3.15 bits per heavy atom. The highest BCUT2D eigenvalue weighted by atomic mass is 16.7. The van der Waals surface area contributed by atoms with Crippen molar-refractivity contribution in [2.75, 3.05) is 13.1 Å². The molecule has 74 valence electrons. The van der Waals surface area contributed by atoms with Crippen molar-refractivity contribution in [1.29, 1.82) is 0 Å². The number of carbonyl (C=O) groups excluding carboxylic acids is 2. The molecule has 13 heavy (non-hydrogen) atoms. The summed E-state index contributed by atoms with van der Waals surface area (Å²) in [6.45, 7) is 0.999. The first-order valence-corrected chi connectivity index (χ1v) is 4.16. The SMILES string of the molecule is NOC(=O)NC[C@H]1CCCNC1=O. The van der Waals surface area contributed by atoms with Crippen molar-refractivity contribution in [3.05, 3.63) is 0 Å². The molecule has 0 saturated carbocycles. The molecule has 0 aromatic rings. The van der Waals surface area contributed by atoms with Crippen LogP contribution in [0.2, 0.25) is 0 Å². The summed E-state index contributed by atoms with van der Waals surface area (Å²) in [5.41, 5.74) is 0. The summed E-state index contributed by atoms with van der Waals surface area (Å²) in [4.78, 5) is 25.6. The molecule has 0 unspecified atom stereocenters. The van der Waals surface area contributed by atoms with Crippen molar-refractivity contribution in [1.82, 2.24) is 10.6 Å². The highest BCUT2D eigenvalue weighted by molar-refractivity contribution is 5.80. The lowest BCUT2D eigenvalue weighted by molar-refractivity contribution is -0.126. The lowest BCUT2D eigenvalue weighted by atomic mass is 9.99. The molecule has 6 nitrogen and oxygen atoms in total. The Kier molecular flexibility index (Phi) is 3.51. The van der Waals surface area contributed by atoms with Crippen molar-refractivity contribution in [2.45, 2.75) is 12.8 Å². The van der Waals surface area contributed by atoms with E-state index in [4.69, 9.17) is 0 Å². The summed E-state index contributed by atoms with van der Waals surface area (Å²) in [5.74, 6) is 4.43. The Hall–Kier alpha value is -1.30. The van der Waals surface area contributed by atoms with E-state index in [2.05, 4.69) is 21.4 Å². The molecule has 1 aliphatic rings. The minimum absolute atomic E-state index is 0.0245. The summed E-state index contributed by atoms with van der Waals surface area (Å²) in [5, 5.41) is 5.10. The van der Waals surface area contributed by atoms with Crippen LogP contribution in [0.4, 0.5) is 4.79 Å². The van der Waals surface area contributed by atoms with Crippen LogP contribution in [-0.4, -0.2) is 25.1 Å². The highest BCUT2D eigenvalue weighted by Crippen LogP contribution is 2.09. The second kappa shape index (κ2) is 4.66. The third-order valence-electron chi connectivity index (χ3n) is 2.00.